The van der Waals surface area contributed by atoms with Gasteiger partial charge in [0.05, 0.1) is 18.6 Å². The number of ether oxygens (including phenoxy) is 1. The van der Waals surface area contributed by atoms with Gasteiger partial charge in [0.2, 0.25) is 5.91 Å². The van der Waals surface area contributed by atoms with Gasteiger partial charge >= 0.3 is 5.97 Å². The van der Waals surface area contributed by atoms with Crippen LogP contribution in [0.25, 0.3) is 0 Å². The molecule has 1 atom stereocenters. The Hall–Kier alpha value is -2.62. The summed E-state index contributed by atoms with van der Waals surface area (Å²) in [6, 6.07) is 16.8. The maximum Gasteiger partial charge on any atom is 0.337 e. The van der Waals surface area contributed by atoms with E-state index in [2.05, 4.69) is 10.1 Å². The van der Waals surface area contributed by atoms with E-state index in [0.717, 1.165) is 17.5 Å². The summed E-state index contributed by atoms with van der Waals surface area (Å²) in [5, 5.41) is 2.96. The summed E-state index contributed by atoms with van der Waals surface area (Å²) < 4.78 is 4.66. The fourth-order valence-electron chi connectivity index (χ4n) is 2.45. The molecule has 0 radical (unpaired) electrons. The number of carbonyl (C=O) groups excluding carboxylic acids is 2. The van der Waals surface area contributed by atoms with E-state index in [4.69, 9.17) is 0 Å². The highest BCUT2D eigenvalue weighted by Gasteiger charge is 2.17. The summed E-state index contributed by atoms with van der Waals surface area (Å²) in [6.45, 7) is 2.44. The van der Waals surface area contributed by atoms with Gasteiger partial charge in [0, 0.05) is 6.54 Å². The lowest BCUT2D eigenvalue weighted by molar-refractivity contribution is -0.122. The third-order valence-electron chi connectivity index (χ3n) is 3.77. The van der Waals surface area contributed by atoms with Crippen LogP contribution in [-0.2, 0) is 16.1 Å². The molecule has 1 amide bonds. The van der Waals surface area contributed by atoms with Crippen molar-refractivity contribution >= 4 is 11.9 Å². The molecule has 0 saturated heterocycles. The Bertz CT molecular complexity index is 650. The van der Waals surface area contributed by atoms with Gasteiger partial charge in [-0.2, -0.15) is 0 Å². The van der Waals surface area contributed by atoms with Crippen LogP contribution in [0.3, 0.4) is 0 Å². The number of carbonyl (C=O) groups is 2. The molecule has 23 heavy (non-hydrogen) atoms. The van der Waals surface area contributed by atoms with Crippen molar-refractivity contribution in [2.75, 3.05) is 7.11 Å². The van der Waals surface area contributed by atoms with Gasteiger partial charge in [-0.3, -0.25) is 4.79 Å². The van der Waals surface area contributed by atoms with Crippen LogP contribution in [0.1, 0.15) is 40.7 Å². The van der Waals surface area contributed by atoms with Crippen molar-refractivity contribution in [1.29, 1.82) is 0 Å². The number of rotatable bonds is 6. The second kappa shape index (κ2) is 8.13. The highest BCUT2D eigenvalue weighted by Crippen LogP contribution is 2.19. The van der Waals surface area contributed by atoms with Crippen molar-refractivity contribution in [3.8, 4) is 0 Å². The van der Waals surface area contributed by atoms with Gasteiger partial charge in [-0.15, -0.1) is 0 Å². The Morgan fingerprint density at radius 2 is 1.70 bits per heavy atom. The first-order valence-electron chi connectivity index (χ1n) is 7.65. The van der Waals surface area contributed by atoms with Crippen molar-refractivity contribution in [3.05, 3.63) is 71.3 Å². The summed E-state index contributed by atoms with van der Waals surface area (Å²) in [4.78, 5) is 23.8. The normalized spacial score (nSPS) is 11.6. The number of nitrogens with one attached hydrogen (secondary N) is 1. The Morgan fingerprint density at radius 3 is 2.26 bits per heavy atom. The molecule has 2 aromatic rings. The molecule has 120 valence electrons. The number of hydrogen-bond donors (Lipinski definition) is 1. The standard InChI is InChI=1S/C19H21NO3/c1-3-17(15-7-5-4-6-8-15)18(21)20-13-14-9-11-16(12-10-14)19(22)23-2/h4-12,17H,3,13H2,1-2H3,(H,20,21). The number of esters is 1. The van der Waals surface area contributed by atoms with Crippen LogP contribution in [0.4, 0.5) is 0 Å². The lowest BCUT2D eigenvalue weighted by Crippen LogP contribution is -2.28. The Labute approximate surface area is 136 Å². The largest absolute Gasteiger partial charge is 0.465 e. The molecule has 0 bridgehead atoms. The zero-order chi connectivity index (χ0) is 16.7. The topological polar surface area (TPSA) is 55.4 Å². The average Bonchev–Trinajstić information content (AvgIpc) is 2.61. The molecular formula is C19H21NO3. The summed E-state index contributed by atoms with van der Waals surface area (Å²) in [6.07, 6.45) is 0.747. The minimum absolute atomic E-state index is 0.00995. The Kier molecular flexibility index (Phi) is 5.92. The highest BCUT2D eigenvalue weighted by molar-refractivity contribution is 5.89. The monoisotopic (exact) mass is 311 g/mol. The molecule has 0 aliphatic rings. The molecule has 1 N–H and O–H groups in total. The quantitative estimate of drug-likeness (QED) is 0.833. The van der Waals surface area contributed by atoms with Gasteiger partial charge in [-0.25, -0.2) is 4.79 Å². The van der Waals surface area contributed by atoms with Crippen molar-refractivity contribution < 1.29 is 14.3 Å². The van der Waals surface area contributed by atoms with Crippen molar-refractivity contribution in [2.45, 2.75) is 25.8 Å². The number of methoxy groups -OCH3 is 1. The minimum Gasteiger partial charge on any atom is -0.465 e. The molecule has 4 nitrogen and oxygen atoms in total. The summed E-state index contributed by atoms with van der Waals surface area (Å²) in [7, 11) is 1.35. The molecule has 0 spiro atoms. The number of amides is 1. The van der Waals surface area contributed by atoms with Crippen molar-refractivity contribution in [3.63, 3.8) is 0 Å². The minimum atomic E-state index is -0.365. The van der Waals surface area contributed by atoms with Gasteiger partial charge in [0.15, 0.2) is 0 Å². The summed E-state index contributed by atoms with van der Waals surface area (Å²) in [5.74, 6) is -0.503. The van der Waals surface area contributed by atoms with E-state index in [1.54, 1.807) is 12.1 Å². The van der Waals surface area contributed by atoms with E-state index in [1.807, 2.05) is 49.4 Å². The summed E-state index contributed by atoms with van der Waals surface area (Å²) in [5.41, 5.74) is 2.46. The maximum absolute atomic E-state index is 12.4. The molecule has 0 aromatic heterocycles. The van der Waals surface area contributed by atoms with Crippen LogP contribution in [0.15, 0.2) is 54.6 Å². The molecule has 4 heteroatoms. The molecule has 1 unspecified atom stereocenters. The third kappa shape index (κ3) is 4.42. The molecule has 0 saturated carbocycles. The highest BCUT2D eigenvalue weighted by atomic mass is 16.5. The van der Waals surface area contributed by atoms with Crippen molar-refractivity contribution in [2.24, 2.45) is 0 Å². The molecule has 0 aliphatic heterocycles. The predicted molar refractivity (Wildman–Crippen MR) is 89.1 cm³/mol. The van der Waals surface area contributed by atoms with E-state index >= 15 is 0 Å². The van der Waals surface area contributed by atoms with Crippen molar-refractivity contribution in [1.82, 2.24) is 5.32 Å². The van der Waals surface area contributed by atoms with Crippen LogP contribution in [0.5, 0.6) is 0 Å². The molecule has 0 heterocycles. The van der Waals surface area contributed by atoms with E-state index in [0.29, 0.717) is 12.1 Å². The van der Waals surface area contributed by atoms with E-state index in [-0.39, 0.29) is 17.8 Å². The number of benzene rings is 2. The van der Waals surface area contributed by atoms with Crippen LogP contribution in [0.2, 0.25) is 0 Å². The zero-order valence-corrected chi connectivity index (χ0v) is 13.4. The SMILES string of the molecule is CCC(C(=O)NCc1ccc(C(=O)OC)cc1)c1ccccc1. The number of hydrogen-bond acceptors (Lipinski definition) is 3. The lowest BCUT2D eigenvalue weighted by atomic mass is 9.95. The van der Waals surface area contributed by atoms with Gasteiger partial charge < -0.3 is 10.1 Å². The maximum atomic E-state index is 12.4. The van der Waals surface area contributed by atoms with Crippen LogP contribution < -0.4 is 5.32 Å². The smallest absolute Gasteiger partial charge is 0.337 e. The lowest BCUT2D eigenvalue weighted by Gasteiger charge is -2.15. The van der Waals surface area contributed by atoms with E-state index < -0.39 is 0 Å². The second-order valence-electron chi connectivity index (χ2n) is 5.28. The Morgan fingerprint density at radius 1 is 1.04 bits per heavy atom. The van der Waals surface area contributed by atoms with Gasteiger partial charge in [0.1, 0.15) is 0 Å². The predicted octanol–water partition coefficient (Wildman–Crippen LogP) is 3.28. The average molecular weight is 311 g/mol. The Balaban J connectivity index is 1.97. The fraction of sp³-hybridized carbons (Fsp3) is 0.263. The summed E-state index contributed by atoms with van der Waals surface area (Å²) >= 11 is 0. The van der Waals surface area contributed by atoms with Gasteiger partial charge in [-0.1, -0.05) is 49.4 Å². The fourth-order valence-corrected chi connectivity index (χ4v) is 2.45. The van der Waals surface area contributed by atoms with Crippen LogP contribution >= 0.6 is 0 Å². The molecule has 2 aromatic carbocycles. The molecular weight excluding hydrogens is 290 g/mol. The van der Waals surface area contributed by atoms with E-state index in [9.17, 15) is 9.59 Å². The van der Waals surface area contributed by atoms with Gasteiger partial charge in [0.25, 0.3) is 0 Å². The third-order valence-corrected chi connectivity index (χ3v) is 3.77. The first-order chi connectivity index (χ1) is 11.2. The molecule has 0 aliphatic carbocycles. The first kappa shape index (κ1) is 16.7. The zero-order valence-electron chi connectivity index (χ0n) is 13.4. The molecule has 0 fully saturated rings. The van der Waals surface area contributed by atoms with Gasteiger partial charge in [-0.05, 0) is 29.7 Å². The van der Waals surface area contributed by atoms with Crippen LogP contribution in [0, 0.1) is 0 Å². The van der Waals surface area contributed by atoms with E-state index in [1.165, 1.54) is 7.11 Å². The first-order valence-corrected chi connectivity index (χ1v) is 7.65. The molecule has 2 rings (SSSR count). The second-order valence-corrected chi connectivity index (χ2v) is 5.28. The van der Waals surface area contributed by atoms with Crippen LogP contribution in [-0.4, -0.2) is 19.0 Å².